The minimum atomic E-state index is -0.447. The van der Waals surface area contributed by atoms with Crippen LogP contribution in [0, 0.1) is 5.82 Å². The van der Waals surface area contributed by atoms with Gasteiger partial charge in [0.05, 0.1) is 6.04 Å². The van der Waals surface area contributed by atoms with Crippen molar-refractivity contribution in [3.8, 4) is 0 Å². The van der Waals surface area contributed by atoms with E-state index >= 15 is 0 Å². The first-order valence-electron chi connectivity index (χ1n) is 7.65. The Morgan fingerprint density at radius 3 is 3.14 bits per heavy atom. The van der Waals surface area contributed by atoms with E-state index in [2.05, 4.69) is 10.2 Å². The molecule has 1 heterocycles. The SMILES string of the molecule is CSCC[C@H](N)C(=O)NC1CCCN(c2cccc(F)c2)C1. The largest absolute Gasteiger partial charge is 0.369 e. The molecule has 1 saturated heterocycles. The van der Waals surface area contributed by atoms with Crippen LogP contribution in [0.2, 0.25) is 0 Å². The molecular formula is C16H24FN3OS. The van der Waals surface area contributed by atoms with Crippen LogP contribution < -0.4 is 16.0 Å². The summed E-state index contributed by atoms with van der Waals surface area (Å²) in [7, 11) is 0. The van der Waals surface area contributed by atoms with Gasteiger partial charge in [-0.3, -0.25) is 4.79 Å². The first-order chi connectivity index (χ1) is 10.6. The Balaban J connectivity index is 1.89. The van der Waals surface area contributed by atoms with Gasteiger partial charge in [-0.25, -0.2) is 4.39 Å². The van der Waals surface area contributed by atoms with Crippen molar-refractivity contribution in [2.75, 3.05) is 30.0 Å². The van der Waals surface area contributed by atoms with Gasteiger partial charge in [0.15, 0.2) is 0 Å². The van der Waals surface area contributed by atoms with Gasteiger partial charge in [-0.2, -0.15) is 11.8 Å². The highest BCUT2D eigenvalue weighted by atomic mass is 32.2. The van der Waals surface area contributed by atoms with Gasteiger partial charge in [-0.05, 0) is 49.5 Å². The molecule has 0 saturated carbocycles. The highest BCUT2D eigenvalue weighted by Crippen LogP contribution is 2.20. The number of anilines is 1. The van der Waals surface area contributed by atoms with Crippen molar-refractivity contribution in [3.05, 3.63) is 30.1 Å². The van der Waals surface area contributed by atoms with E-state index in [1.807, 2.05) is 12.3 Å². The molecule has 1 aromatic carbocycles. The average Bonchev–Trinajstić information content (AvgIpc) is 2.52. The van der Waals surface area contributed by atoms with Crippen molar-refractivity contribution in [3.63, 3.8) is 0 Å². The molecule has 4 nitrogen and oxygen atoms in total. The second-order valence-corrected chi connectivity index (χ2v) is 6.65. The molecule has 0 aliphatic carbocycles. The van der Waals surface area contributed by atoms with Crippen LogP contribution in [0.25, 0.3) is 0 Å². The molecule has 0 spiro atoms. The number of piperidine rings is 1. The fourth-order valence-electron chi connectivity index (χ4n) is 2.69. The molecule has 22 heavy (non-hydrogen) atoms. The summed E-state index contributed by atoms with van der Waals surface area (Å²) in [5, 5.41) is 3.03. The maximum atomic E-state index is 13.3. The second kappa shape index (κ2) is 8.39. The van der Waals surface area contributed by atoms with Crippen molar-refractivity contribution >= 4 is 23.4 Å². The summed E-state index contributed by atoms with van der Waals surface area (Å²) < 4.78 is 13.3. The molecule has 1 fully saturated rings. The molecule has 3 N–H and O–H groups in total. The van der Waals surface area contributed by atoms with E-state index in [1.54, 1.807) is 17.8 Å². The summed E-state index contributed by atoms with van der Waals surface area (Å²) in [6, 6.07) is 6.22. The Labute approximate surface area is 135 Å². The van der Waals surface area contributed by atoms with Crippen LogP contribution in [0.1, 0.15) is 19.3 Å². The lowest BCUT2D eigenvalue weighted by molar-refractivity contribution is -0.123. The Kier molecular flexibility index (Phi) is 6.51. The van der Waals surface area contributed by atoms with Gasteiger partial charge in [0.25, 0.3) is 0 Å². The molecule has 1 aliphatic heterocycles. The number of carbonyl (C=O) groups excluding carboxylic acids is 1. The molecular weight excluding hydrogens is 301 g/mol. The van der Waals surface area contributed by atoms with Crippen molar-refractivity contribution in [2.45, 2.75) is 31.3 Å². The van der Waals surface area contributed by atoms with Gasteiger partial charge < -0.3 is 16.0 Å². The summed E-state index contributed by atoms with van der Waals surface area (Å²) in [5.41, 5.74) is 6.76. The van der Waals surface area contributed by atoms with Gasteiger partial charge in [-0.1, -0.05) is 6.07 Å². The lowest BCUT2D eigenvalue weighted by atomic mass is 10.0. The van der Waals surface area contributed by atoms with E-state index in [0.29, 0.717) is 13.0 Å². The third-order valence-electron chi connectivity index (χ3n) is 3.91. The maximum Gasteiger partial charge on any atom is 0.237 e. The van der Waals surface area contributed by atoms with E-state index in [9.17, 15) is 9.18 Å². The zero-order valence-electron chi connectivity index (χ0n) is 12.9. The van der Waals surface area contributed by atoms with Crippen LogP contribution in [0.4, 0.5) is 10.1 Å². The number of nitrogens with zero attached hydrogens (tertiary/aromatic N) is 1. The van der Waals surface area contributed by atoms with E-state index in [-0.39, 0.29) is 17.8 Å². The third-order valence-corrected chi connectivity index (χ3v) is 4.55. The summed E-state index contributed by atoms with van der Waals surface area (Å²) in [5.74, 6) is 0.567. The molecule has 2 atom stereocenters. The summed E-state index contributed by atoms with van der Waals surface area (Å²) in [6.07, 6.45) is 4.60. The van der Waals surface area contributed by atoms with E-state index in [0.717, 1.165) is 30.8 Å². The molecule has 0 bridgehead atoms. The summed E-state index contributed by atoms with van der Waals surface area (Å²) >= 11 is 1.69. The van der Waals surface area contributed by atoms with Gasteiger partial charge in [0, 0.05) is 24.8 Å². The fourth-order valence-corrected chi connectivity index (χ4v) is 3.18. The standard InChI is InChI=1S/C16H24FN3OS/c1-22-9-7-15(18)16(21)19-13-5-3-8-20(11-13)14-6-2-4-12(17)10-14/h2,4,6,10,13,15H,3,5,7-9,11,18H2,1H3,(H,19,21)/t13?,15-/m0/s1. The third kappa shape index (κ3) is 4.88. The monoisotopic (exact) mass is 325 g/mol. The highest BCUT2D eigenvalue weighted by molar-refractivity contribution is 7.98. The van der Waals surface area contributed by atoms with Crippen LogP contribution in [0.15, 0.2) is 24.3 Å². The van der Waals surface area contributed by atoms with E-state index in [1.165, 1.54) is 12.1 Å². The molecule has 1 amide bonds. The number of halogens is 1. The molecule has 1 unspecified atom stereocenters. The first kappa shape index (κ1) is 17.1. The number of nitrogens with two attached hydrogens (primary N) is 1. The highest BCUT2D eigenvalue weighted by Gasteiger charge is 2.23. The number of hydrogen-bond acceptors (Lipinski definition) is 4. The lowest BCUT2D eigenvalue weighted by Gasteiger charge is -2.35. The number of hydrogen-bond donors (Lipinski definition) is 2. The molecule has 122 valence electrons. The topological polar surface area (TPSA) is 58.4 Å². The molecule has 1 aliphatic rings. The van der Waals surface area contributed by atoms with Gasteiger partial charge in [-0.15, -0.1) is 0 Å². The smallest absolute Gasteiger partial charge is 0.237 e. The molecule has 6 heteroatoms. The van der Waals surface area contributed by atoms with Crippen molar-refractivity contribution in [2.24, 2.45) is 5.73 Å². The van der Waals surface area contributed by atoms with Crippen molar-refractivity contribution in [1.82, 2.24) is 5.32 Å². The van der Waals surface area contributed by atoms with Gasteiger partial charge >= 0.3 is 0 Å². The summed E-state index contributed by atoms with van der Waals surface area (Å²) in [6.45, 7) is 1.58. The van der Waals surface area contributed by atoms with Gasteiger partial charge in [0.1, 0.15) is 5.82 Å². The molecule has 2 rings (SSSR count). The minimum absolute atomic E-state index is 0.0739. The summed E-state index contributed by atoms with van der Waals surface area (Å²) in [4.78, 5) is 14.2. The van der Waals surface area contributed by atoms with Crippen molar-refractivity contribution in [1.29, 1.82) is 0 Å². The maximum absolute atomic E-state index is 13.3. The number of benzene rings is 1. The molecule has 1 aromatic rings. The predicted molar refractivity (Wildman–Crippen MR) is 90.8 cm³/mol. The van der Waals surface area contributed by atoms with Crippen LogP contribution in [0.5, 0.6) is 0 Å². The normalized spacial score (nSPS) is 19.8. The average molecular weight is 325 g/mol. The Morgan fingerprint density at radius 2 is 2.41 bits per heavy atom. The molecule has 0 radical (unpaired) electrons. The molecule has 0 aromatic heterocycles. The first-order valence-corrected chi connectivity index (χ1v) is 9.05. The number of nitrogens with one attached hydrogen (secondary N) is 1. The van der Waals surface area contributed by atoms with E-state index < -0.39 is 6.04 Å². The zero-order chi connectivity index (χ0) is 15.9. The predicted octanol–water partition coefficient (Wildman–Crippen LogP) is 1.99. The second-order valence-electron chi connectivity index (χ2n) is 5.66. The minimum Gasteiger partial charge on any atom is -0.369 e. The number of thioether (sulfide) groups is 1. The van der Waals surface area contributed by atoms with Crippen LogP contribution in [-0.4, -0.2) is 43.1 Å². The number of amides is 1. The number of carbonyl (C=O) groups is 1. The van der Waals surface area contributed by atoms with Gasteiger partial charge in [0.2, 0.25) is 5.91 Å². The van der Waals surface area contributed by atoms with Crippen molar-refractivity contribution < 1.29 is 9.18 Å². The van der Waals surface area contributed by atoms with Crippen LogP contribution >= 0.6 is 11.8 Å². The number of rotatable bonds is 6. The fraction of sp³-hybridized carbons (Fsp3) is 0.562. The lowest BCUT2D eigenvalue weighted by Crippen LogP contribution is -2.52. The Bertz CT molecular complexity index is 500. The zero-order valence-corrected chi connectivity index (χ0v) is 13.7. The Morgan fingerprint density at radius 1 is 1.59 bits per heavy atom. The van der Waals surface area contributed by atoms with E-state index in [4.69, 9.17) is 5.73 Å². The quantitative estimate of drug-likeness (QED) is 0.840. The van der Waals surface area contributed by atoms with Crippen LogP contribution in [-0.2, 0) is 4.79 Å². The van der Waals surface area contributed by atoms with Crippen LogP contribution in [0.3, 0.4) is 0 Å². The Hall–Kier alpha value is -1.27.